The van der Waals surface area contributed by atoms with Gasteiger partial charge >= 0.3 is 0 Å². The van der Waals surface area contributed by atoms with E-state index in [-0.39, 0.29) is 0 Å². The monoisotopic (exact) mass is 275 g/mol. The van der Waals surface area contributed by atoms with E-state index in [0.717, 1.165) is 23.6 Å². The van der Waals surface area contributed by atoms with Gasteiger partial charge in [0.15, 0.2) is 0 Å². The maximum atomic E-state index is 6.16. The molecule has 0 radical (unpaired) electrons. The standard InChI is InChI=1S/C15H18ClN3/c1-5-19(13-8-6-7-10(2)9-13)15-11(3)14(16)17-12(4)18-15/h6-9H,5H2,1-4H3. The Balaban J connectivity index is 2.54. The van der Waals surface area contributed by atoms with Crippen LogP contribution in [0.3, 0.4) is 0 Å². The molecule has 0 amide bonds. The van der Waals surface area contributed by atoms with Crippen LogP contribution in [-0.2, 0) is 0 Å². The molecule has 0 bridgehead atoms. The van der Waals surface area contributed by atoms with Crippen LogP contribution in [0.4, 0.5) is 11.5 Å². The van der Waals surface area contributed by atoms with Crippen molar-refractivity contribution in [3.05, 3.63) is 46.4 Å². The smallest absolute Gasteiger partial charge is 0.141 e. The van der Waals surface area contributed by atoms with Crippen LogP contribution in [0.1, 0.15) is 23.9 Å². The summed E-state index contributed by atoms with van der Waals surface area (Å²) in [6.07, 6.45) is 0. The summed E-state index contributed by atoms with van der Waals surface area (Å²) in [4.78, 5) is 10.9. The van der Waals surface area contributed by atoms with E-state index in [1.807, 2.05) is 13.8 Å². The summed E-state index contributed by atoms with van der Waals surface area (Å²) in [6.45, 7) is 8.83. The molecule has 0 spiro atoms. The zero-order valence-corrected chi connectivity index (χ0v) is 12.5. The number of nitrogens with zero attached hydrogens (tertiary/aromatic N) is 3. The van der Waals surface area contributed by atoms with Crippen molar-refractivity contribution < 1.29 is 0 Å². The minimum Gasteiger partial charge on any atom is -0.326 e. The van der Waals surface area contributed by atoms with E-state index in [0.29, 0.717) is 11.0 Å². The van der Waals surface area contributed by atoms with E-state index in [1.54, 1.807) is 0 Å². The predicted molar refractivity (Wildman–Crippen MR) is 80.4 cm³/mol. The topological polar surface area (TPSA) is 29.0 Å². The summed E-state index contributed by atoms with van der Waals surface area (Å²) < 4.78 is 0. The minimum absolute atomic E-state index is 0.522. The van der Waals surface area contributed by atoms with Gasteiger partial charge in [0.2, 0.25) is 0 Å². The molecule has 0 aliphatic heterocycles. The third-order valence-corrected chi connectivity index (χ3v) is 3.43. The van der Waals surface area contributed by atoms with Crippen molar-refractivity contribution in [3.8, 4) is 0 Å². The van der Waals surface area contributed by atoms with E-state index >= 15 is 0 Å². The van der Waals surface area contributed by atoms with Gasteiger partial charge in [0, 0.05) is 17.8 Å². The molecule has 4 heteroatoms. The maximum absolute atomic E-state index is 6.16. The number of hydrogen-bond acceptors (Lipinski definition) is 3. The molecule has 0 aliphatic carbocycles. The molecular formula is C15H18ClN3. The molecule has 0 N–H and O–H groups in total. The third-order valence-electron chi connectivity index (χ3n) is 3.06. The molecule has 1 aromatic heterocycles. The molecule has 1 aromatic carbocycles. The third kappa shape index (κ3) is 2.87. The average molecular weight is 276 g/mol. The lowest BCUT2D eigenvalue weighted by molar-refractivity contribution is 0.936. The summed E-state index contributed by atoms with van der Waals surface area (Å²) in [5, 5.41) is 0.522. The summed E-state index contributed by atoms with van der Waals surface area (Å²) in [6, 6.07) is 8.37. The Labute approximate surface area is 119 Å². The van der Waals surface area contributed by atoms with Crippen molar-refractivity contribution in [2.75, 3.05) is 11.4 Å². The second-order valence-electron chi connectivity index (χ2n) is 4.59. The Morgan fingerprint density at radius 2 is 1.89 bits per heavy atom. The largest absolute Gasteiger partial charge is 0.326 e. The highest BCUT2D eigenvalue weighted by Gasteiger charge is 2.15. The van der Waals surface area contributed by atoms with E-state index < -0.39 is 0 Å². The summed E-state index contributed by atoms with van der Waals surface area (Å²) in [5.74, 6) is 1.57. The molecule has 3 nitrogen and oxygen atoms in total. The van der Waals surface area contributed by atoms with Gasteiger partial charge in [-0.25, -0.2) is 9.97 Å². The maximum Gasteiger partial charge on any atom is 0.141 e. The van der Waals surface area contributed by atoms with Crippen molar-refractivity contribution in [2.24, 2.45) is 0 Å². The molecule has 0 saturated heterocycles. The van der Waals surface area contributed by atoms with Crippen LogP contribution in [0.2, 0.25) is 5.15 Å². The highest BCUT2D eigenvalue weighted by atomic mass is 35.5. The zero-order valence-electron chi connectivity index (χ0n) is 11.7. The lowest BCUT2D eigenvalue weighted by atomic mass is 10.2. The number of rotatable bonds is 3. The summed E-state index contributed by atoms with van der Waals surface area (Å²) >= 11 is 6.16. The van der Waals surface area contributed by atoms with Crippen molar-refractivity contribution >= 4 is 23.1 Å². The quantitative estimate of drug-likeness (QED) is 0.786. The Hall–Kier alpha value is -1.61. The number of benzene rings is 1. The molecule has 2 aromatic rings. The predicted octanol–water partition coefficient (Wildman–Crippen LogP) is 4.21. The van der Waals surface area contributed by atoms with E-state index in [4.69, 9.17) is 11.6 Å². The number of aryl methyl sites for hydroxylation is 2. The molecular weight excluding hydrogens is 258 g/mol. The van der Waals surface area contributed by atoms with E-state index in [9.17, 15) is 0 Å². The van der Waals surface area contributed by atoms with Crippen LogP contribution in [0.25, 0.3) is 0 Å². The van der Waals surface area contributed by atoms with Crippen LogP contribution in [0.15, 0.2) is 24.3 Å². The molecule has 0 atom stereocenters. The Morgan fingerprint density at radius 1 is 1.16 bits per heavy atom. The van der Waals surface area contributed by atoms with Crippen molar-refractivity contribution in [3.63, 3.8) is 0 Å². The lowest BCUT2D eigenvalue weighted by Gasteiger charge is -2.24. The summed E-state index contributed by atoms with van der Waals surface area (Å²) in [7, 11) is 0. The Morgan fingerprint density at radius 3 is 2.53 bits per heavy atom. The first-order valence-electron chi connectivity index (χ1n) is 6.38. The molecule has 19 heavy (non-hydrogen) atoms. The van der Waals surface area contributed by atoms with Crippen LogP contribution in [-0.4, -0.2) is 16.5 Å². The first-order chi connectivity index (χ1) is 9.02. The molecule has 100 valence electrons. The van der Waals surface area contributed by atoms with Gasteiger partial charge in [-0.05, 0) is 45.4 Å². The Kier molecular flexibility index (Phi) is 4.05. The van der Waals surface area contributed by atoms with Gasteiger partial charge in [0.1, 0.15) is 16.8 Å². The van der Waals surface area contributed by atoms with Crippen molar-refractivity contribution in [1.82, 2.24) is 9.97 Å². The molecule has 0 fully saturated rings. The summed E-state index contributed by atoms with van der Waals surface area (Å²) in [5.41, 5.74) is 3.26. The van der Waals surface area contributed by atoms with Gasteiger partial charge in [-0.3, -0.25) is 0 Å². The van der Waals surface area contributed by atoms with Crippen LogP contribution in [0.5, 0.6) is 0 Å². The van der Waals surface area contributed by atoms with Gasteiger partial charge in [-0.15, -0.1) is 0 Å². The fraction of sp³-hybridized carbons (Fsp3) is 0.333. The van der Waals surface area contributed by atoms with Gasteiger partial charge < -0.3 is 4.90 Å². The van der Waals surface area contributed by atoms with Crippen molar-refractivity contribution in [2.45, 2.75) is 27.7 Å². The number of anilines is 2. The van der Waals surface area contributed by atoms with Gasteiger partial charge in [0.25, 0.3) is 0 Å². The lowest BCUT2D eigenvalue weighted by Crippen LogP contribution is -2.19. The number of halogens is 1. The zero-order chi connectivity index (χ0) is 14.0. The van der Waals surface area contributed by atoms with Gasteiger partial charge in [-0.1, -0.05) is 23.7 Å². The van der Waals surface area contributed by atoms with Gasteiger partial charge in [-0.2, -0.15) is 0 Å². The Bertz CT molecular complexity index is 596. The van der Waals surface area contributed by atoms with E-state index in [2.05, 4.69) is 53.0 Å². The SMILES string of the molecule is CCN(c1cccc(C)c1)c1nc(C)nc(Cl)c1C. The molecule has 2 rings (SSSR count). The highest BCUT2D eigenvalue weighted by Crippen LogP contribution is 2.29. The van der Waals surface area contributed by atoms with Crippen molar-refractivity contribution in [1.29, 1.82) is 0 Å². The van der Waals surface area contributed by atoms with Crippen LogP contribution < -0.4 is 4.90 Å². The first kappa shape index (κ1) is 13.8. The average Bonchev–Trinajstić information content (AvgIpc) is 2.36. The fourth-order valence-electron chi connectivity index (χ4n) is 2.09. The highest BCUT2D eigenvalue weighted by molar-refractivity contribution is 6.30. The van der Waals surface area contributed by atoms with Gasteiger partial charge in [0.05, 0.1) is 0 Å². The van der Waals surface area contributed by atoms with E-state index in [1.165, 1.54) is 5.56 Å². The first-order valence-corrected chi connectivity index (χ1v) is 6.75. The molecule has 1 heterocycles. The molecule has 0 aliphatic rings. The molecule has 0 unspecified atom stereocenters. The van der Waals surface area contributed by atoms with Crippen LogP contribution >= 0.6 is 11.6 Å². The fourth-order valence-corrected chi connectivity index (χ4v) is 2.30. The normalized spacial score (nSPS) is 10.6. The van der Waals surface area contributed by atoms with Crippen LogP contribution in [0, 0.1) is 20.8 Å². The minimum atomic E-state index is 0.522. The second kappa shape index (κ2) is 5.57. The molecule has 0 saturated carbocycles. The number of hydrogen-bond donors (Lipinski definition) is 0. The number of aromatic nitrogens is 2. The second-order valence-corrected chi connectivity index (χ2v) is 4.95.